The first-order valence-corrected chi connectivity index (χ1v) is 5.30. The molecule has 0 radical (unpaired) electrons. The zero-order valence-electron chi connectivity index (χ0n) is 10.7. The van der Waals surface area contributed by atoms with Crippen molar-refractivity contribution in [2.24, 2.45) is 0 Å². The first-order valence-electron chi connectivity index (χ1n) is 5.30. The SMILES string of the molecule is C/C=C(/C)CC(C)(C)NC(=O)CC(=O)OC. The Morgan fingerprint density at radius 2 is 1.94 bits per heavy atom. The maximum absolute atomic E-state index is 11.5. The molecule has 0 rings (SSSR count). The zero-order chi connectivity index (χ0) is 12.8. The molecular weight excluding hydrogens is 206 g/mol. The van der Waals surface area contributed by atoms with E-state index in [4.69, 9.17) is 0 Å². The smallest absolute Gasteiger partial charge is 0.315 e. The molecule has 16 heavy (non-hydrogen) atoms. The predicted octanol–water partition coefficient (Wildman–Crippen LogP) is 1.80. The summed E-state index contributed by atoms with van der Waals surface area (Å²) in [7, 11) is 1.27. The fraction of sp³-hybridized carbons (Fsp3) is 0.667. The maximum atomic E-state index is 11.5. The Labute approximate surface area is 97.1 Å². The number of esters is 1. The van der Waals surface area contributed by atoms with Crippen molar-refractivity contribution in [3.63, 3.8) is 0 Å². The summed E-state index contributed by atoms with van der Waals surface area (Å²) in [6, 6.07) is 0. The van der Waals surface area contributed by atoms with Gasteiger partial charge >= 0.3 is 5.97 Å². The molecule has 0 aliphatic carbocycles. The summed E-state index contributed by atoms with van der Waals surface area (Å²) < 4.78 is 4.43. The normalized spacial score (nSPS) is 12.2. The number of hydrogen-bond acceptors (Lipinski definition) is 3. The average molecular weight is 227 g/mol. The highest BCUT2D eigenvalue weighted by Crippen LogP contribution is 2.15. The van der Waals surface area contributed by atoms with Crippen LogP contribution in [0.3, 0.4) is 0 Å². The molecule has 1 N–H and O–H groups in total. The molecule has 0 bridgehead atoms. The van der Waals surface area contributed by atoms with Crippen LogP contribution in [0, 0.1) is 0 Å². The molecular formula is C12H21NO3. The van der Waals surface area contributed by atoms with Gasteiger partial charge in [-0.1, -0.05) is 11.6 Å². The highest BCUT2D eigenvalue weighted by atomic mass is 16.5. The third-order valence-corrected chi connectivity index (χ3v) is 2.22. The Morgan fingerprint density at radius 3 is 2.38 bits per heavy atom. The number of methoxy groups -OCH3 is 1. The van der Waals surface area contributed by atoms with E-state index in [9.17, 15) is 9.59 Å². The van der Waals surface area contributed by atoms with Crippen molar-refractivity contribution in [1.29, 1.82) is 0 Å². The summed E-state index contributed by atoms with van der Waals surface area (Å²) in [5.41, 5.74) is 0.852. The van der Waals surface area contributed by atoms with Crippen LogP contribution in [0.15, 0.2) is 11.6 Å². The first kappa shape index (κ1) is 14.7. The van der Waals surface area contributed by atoms with E-state index < -0.39 is 5.97 Å². The van der Waals surface area contributed by atoms with Crippen LogP contribution in [0.5, 0.6) is 0 Å². The van der Waals surface area contributed by atoms with Crippen LogP contribution in [0.2, 0.25) is 0 Å². The predicted molar refractivity (Wildman–Crippen MR) is 62.9 cm³/mol. The van der Waals surface area contributed by atoms with Crippen LogP contribution in [-0.2, 0) is 14.3 Å². The van der Waals surface area contributed by atoms with Gasteiger partial charge in [0.1, 0.15) is 6.42 Å². The Morgan fingerprint density at radius 1 is 1.38 bits per heavy atom. The number of ether oxygens (including phenoxy) is 1. The van der Waals surface area contributed by atoms with E-state index in [0.717, 1.165) is 6.42 Å². The quantitative estimate of drug-likeness (QED) is 0.442. The molecule has 4 nitrogen and oxygen atoms in total. The van der Waals surface area contributed by atoms with Crippen LogP contribution in [0.1, 0.15) is 40.5 Å². The summed E-state index contributed by atoms with van der Waals surface area (Å²) in [6.07, 6.45) is 2.54. The lowest BCUT2D eigenvalue weighted by atomic mass is 9.95. The fourth-order valence-electron chi connectivity index (χ4n) is 1.47. The van der Waals surface area contributed by atoms with E-state index in [0.29, 0.717) is 0 Å². The van der Waals surface area contributed by atoms with Gasteiger partial charge in [0, 0.05) is 5.54 Å². The van der Waals surface area contributed by atoms with Crippen molar-refractivity contribution in [3.8, 4) is 0 Å². The molecule has 0 aliphatic rings. The summed E-state index contributed by atoms with van der Waals surface area (Å²) in [5, 5.41) is 2.81. The lowest BCUT2D eigenvalue weighted by molar-refractivity contribution is -0.144. The van der Waals surface area contributed by atoms with E-state index in [1.807, 2.05) is 33.8 Å². The second kappa shape index (κ2) is 6.30. The van der Waals surface area contributed by atoms with Gasteiger partial charge in [-0.2, -0.15) is 0 Å². The van der Waals surface area contributed by atoms with Gasteiger partial charge in [0.15, 0.2) is 0 Å². The molecule has 1 amide bonds. The van der Waals surface area contributed by atoms with E-state index in [-0.39, 0.29) is 17.9 Å². The van der Waals surface area contributed by atoms with Crippen molar-refractivity contribution in [2.45, 2.75) is 46.1 Å². The van der Waals surface area contributed by atoms with Crippen LogP contribution in [0.4, 0.5) is 0 Å². The standard InChI is InChI=1S/C12H21NO3/c1-6-9(2)8-12(3,4)13-10(14)7-11(15)16-5/h6H,7-8H2,1-5H3,(H,13,14)/b9-6-. The van der Waals surface area contributed by atoms with Crippen molar-refractivity contribution in [3.05, 3.63) is 11.6 Å². The number of carbonyl (C=O) groups is 2. The molecule has 4 heteroatoms. The monoisotopic (exact) mass is 227 g/mol. The molecule has 0 aromatic heterocycles. The Balaban J connectivity index is 4.25. The first-order chi connectivity index (χ1) is 7.30. The molecule has 0 fully saturated rings. The minimum Gasteiger partial charge on any atom is -0.469 e. The van der Waals surface area contributed by atoms with E-state index in [2.05, 4.69) is 10.1 Å². The molecule has 0 saturated heterocycles. The van der Waals surface area contributed by atoms with Gasteiger partial charge in [0.05, 0.1) is 7.11 Å². The van der Waals surface area contributed by atoms with E-state index in [1.165, 1.54) is 12.7 Å². The highest BCUT2D eigenvalue weighted by molar-refractivity contribution is 5.94. The summed E-state index contributed by atoms with van der Waals surface area (Å²) in [6.45, 7) is 7.82. The molecule has 0 unspecified atom stereocenters. The van der Waals surface area contributed by atoms with Gasteiger partial charge in [-0.05, 0) is 34.1 Å². The summed E-state index contributed by atoms with van der Waals surface area (Å²) in [4.78, 5) is 22.4. The molecule has 0 aliphatic heterocycles. The lowest BCUT2D eigenvalue weighted by Gasteiger charge is -2.26. The number of rotatable bonds is 5. The molecule has 0 spiro atoms. The van der Waals surface area contributed by atoms with Gasteiger partial charge < -0.3 is 10.1 Å². The van der Waals surface area contributed by atoms with E-state index in [1.54, 1.807) is 0 Å². The summed E-state index contributed by atoms with van der Waals surface area (Å²) in [5.74, 6) is -0.822. The van der Waals surface area contributed by atoms with Gasteiger partial charge in [0.2, 0.25) is 5.91 Å². The topological polar surface area (TPSA) is 55.4 Å². The van der Waals surface area contributed by atoms with Crippen molar-refractivity contribution in [2.75, 3.05) is 7.11 Å². The molecule has 0 saturated carbocycles. The Hall–Kier alpha value is -1.32. The number of amides is 1. The van der Waals surface area contributed by atoms with Gasteiger partial charge in [0.25, 0.3) is 0 Å². The highest BCUT2D eigenvalue weighted by Gasteiger charge is 2.22. The lowest BCUT2D eigenvalue weighted by Crippen LogP contribution is -2.44. The second-order valence-corrected chi connectivity index (χ2v) is 4.50. The number of nitrogens with one attached hydrogen (secondary N) is 1. The largest absolute Gasteiger partial charge is 0.469 e. The number of carbonyl (C=O) groups excluding carboxylic acids is 2. The maximum Gasteiger partial charge on any atom is 0.315 e. The average Bonchev–Trinajstić information content (AvgIpc) is 2.15. The van der Waals surface area contributed by atoms with Crippen LogP contribution >= 0.6 is 0 Å². The number of hydrogen-bond donors (Lipinski definition) is 1. The van der Waals surface area contributed by atoms with Crippen LogP contribution < -0.4 is 5.32 Å². The molecule has 0 aromatic rings. The molecule has 92 valence electrons. The van der Waals surface area contributed by atoms with Gasteiger partial charge in [-0.15, -0.1) is 0 Å². The third-order valence-electron chi connectivity index (χ3n) is 2.22. The van der Waals surface area contributed by atoms with Crippen molar-refractivity contribution in [1.82, 2.24) is 5.32 Å². The molecule has 0 atom stereocenters. The second-order valence-electron chi connectivity index (χ2n) is 4.50. The zero-order valence-corrected chi connectivity index (χ0v) is 10.7. The Kier molecular flexibility index (Phi) is 5.78. The molecule has 0 aromatic carbocycles. The van der Waals surface area contributed by atoms with Gasteiger partial charge in [-0.3, -0.25) is 9.59 Å². The van der Waals surface area contributed by atoms with Crippen molar-refractivity contribution >= 4 is 11.9 Å². The minimum atomic E-state index is -0.518. The number of allylic oxidation sites excluding steroid dienone is 1. The van der Waals surface area contributed by atoms with Crippen LogP contribution in [0.25, 0.3) is 0 Å². The Bertz CT molecular complexity index is 293. The van der Waals surface area contributed by atoms with E-state index >= 15 is 0 Å². The van der Waals surface area contributed by atoms with Crippen LogP contribution in [-0.4, -0.2) is 24.5 Å². The summed E-state index contributed by atoms with van der Waals surface area (Å²) >= 11 is 0. The third kappa shape index (κ3) is 6.22. The molecule has 0 heterocycles. The minimum absolute atomic E-state index is 0.227. The fourth-order valence-corrected chi connectivity index (χ4v) is 1.47. The van der Waals surface area contributed by atoms with Gasteiger partial charge in [-0.25, -0.2) is 0 Å². The van der Waals surface area contributed by atoms with Crippen molar-refractivity contribution < 1.29 is 14.3 Å².